The van der Waals surface area contributed by atoms with Crippen LogP contribution < -0.4 is 5.32 Å². The second kappa shape index (κ2) is 8.00. The average molecular weight is 414 g/mol. The minimum atomic E-state index is -0.0702. The minimum absolute atomic E-state index is 0.0702. The van der Waals surface area contributed by atoms with Crippen LogP contribution in [0.15, 0.2) is 59.5 Å². The molecule has 2 aliphatic rings. The van der Waals surface area contributed by atoms with Crippen molar-refractivity contribution in [1.29, 1.82) is 0 Å². The van der Waals surface area contributed by atoms with Crippen LogP contribution in [0.4, 0.5) is 5.82 Å². The third-order valence-electron chi connectivity index (χ3n) is 5.66. The lowest BCUT2D eigenvalue weighted by Gasteiger charge is -2.24. The van der Waals surface area contributed by atoms with E-state index < -0.39 is 0 Å². The molecule has 5 heteroatoms. The van der Waals surface area contributed by atoms with Gasteiger partial charge in [0.25, 0.3) is 0 Å². The van der Waals surface area contributed by atoms with E-state index in [9.17, 15) is 4.79 Å². The van der Waals surface area contributed by atoms with Crippen LogP contribution in [0, 0.1) is 6.92 Å². The van der Waals surface area contributed by atoms with Gasteiger partial charge in [0, 0.05) is 5.57 Å². The minimum Gasteiger partial charge on any atom is -0.309 e. The maximum absolute atomic E-state index is 12.8. The lowest BCUT2D eigenvalue weighted by molar-refractivity contribution is -0.115. The lowest BCUT2D eigenvalue weighted by atomic mass is 9.86. The first-order valence-corrected chi connectivity index (χ1v) is 11.2. The molecule has 0 bridgehead atoms. The lowest BCUT2D eigenvalue weighted by Crippen LogP contribution is -2.19. The van der Waals surface area contributed by atoms with Crippen molar-refractivity contribution in [3.8, 4) is 10.6 Å². The van der Waals surface area contributed by atoms with Gasteiger partial charge in [-0.05, 0) is 49.6 Å². The summed E-state index contributed by atoms with van der Waals surface area (Å²) >= 11 is 1.62. The van der Waals surface area contributed by atoms with E-state index in [0.717, 1.165) is 53.2 Å². The summed E-state index contributed by atoms with van der Waals surface area (Å²) in [5.41, 5.74) is 7.60. The Hall–Kier alpha value is -3.05. The molecule has 0 saturated heterocycles. The molecule has 2 aliphatic carbocycles. The Morgan fingerprint density at radius 3 is 2.73 bits per heavy atom. The Labute approximate surface area is 180 Å². The molecule has 0 unspecified atom stereocenters. The van der Waals surface area contributed by atoms with Gasteiger partial charge in [-0.3, -0.25) is 4.79 Å². The van der Waals surface area contributed by atoms with Crippen LogP contribution >= 0.6 is 11.3 Å². The summed E-state index contributed by atoms with van der Waals surface area (Å²) in [4.78, 5) is 23.7. The topological polar surface area (TPSA) is 54.9 Å². The molecule has 0 atom stereocenters. The molecular formula is C25H23N3OS. The molecule has 0 fully saturated rings. The number of allylic oxidation sites excluding steroid dienone is 4. The van der Waals surface area contributed by atoms with Crippen LogP contribution in [0.5, 0.6) is 0 Å². The number of nitrogens with zero attached hydrogens (tertiary/aromatic N) is 2. The molecule has 2 heterocycles. The molecule has 1 aromatic carbocycles. The van der Waals surface area contributed by atoms with Crippen molar-refractivity contribution < 1.29 is 4.79 Å². The summed E-state index contributed by atoms with van der Waals surface area (Å²) in [6.07, 6.45) is 8.85. The van der Waals surface area contributed by atoms with Gasteiger partial charge in [-0.2, -0.15) is 0 Å². The quantitative estimate of drug-likeness (QED) is 0.593. The number of benzene rings is 1. The zero-order chi connectivity index (χ0) is 20.5. The molecule has 2 aromatic heterocycles. The Morgan fingerprint density at radius 1 is 1.07 bits per heavy atom. The van der Waals surface area contributed by atoms with Crippen LogP contribution in [0.2, 0.25) is 0 Å². The second-order valence-electron chi connectivity index (χ2n) is 7.86. The number of carbonyl (C=O) groups is 1. The van der Waals surface area contributed by atoms with Crippen molar-refractivity contribution in [2.75, 3.05) is 5.32 Å². The molecule has 3 aromatic rings. The number of fused-ring (bicyclic) bond motifs is 2. The van der Waals surface area contributed by atoms with Crippen LogP contribution in [-0.2, 0) is 17.6 Å². The monoisotopic (exact) mass is 413 g/mol. The zero-order valence-corrected chi connectivity index (χ0v) is 17.8. The molecule has 1 amide bonds. The average Bonchev–Trinajstić information content (AvgIpc) is 3.29. The third kappa shape index (κ3) is 3.73. The summed E-state index contributed by atoms with van der Waals surface area (Å²) in [6, 6.07) is 12.1. The number of amides is 1. The number of rotatable bonds is 4. The van der Waals surface area contributed by atoms with Gasteiger partial charge >= 0.3 is 0 Å². The van der Waals surface area contributed by atoms with E-state index in [1.165, 1.54) is 16.7 Å². The molecule has 30 heavy (non-hydrogen) atoms. The molecule has 4 nitrogen and oxygen atoms in total. The van der Waals surface area contributed by atoms with Crippen LogP contribution in [0.3, 0.4) is 0 Å². The summed E-state index contributed by atoms with van der Waals surface area (Å²) in [7, 11) is 0. The van der Waals surface area contributed by atoms with Crippen molar-refractivity contribution in [2.45, 2.75) is 39.0 Å². The Kier molecular flexibility index (Phi) is 5.05. The maximum Gasteiger partial charge on any atom is 0.230 e. The van der Waals surface area contributed by atoms with Crippen molar-refractivity contribution in [2.24, 2.45) is 0 Å². The molecule has 0 saturated carbocycles. The Balaban J connectivity index is 1.50. The summed E-state index contributed by atoms with van der Waals surface area (Å²) in [5, 5.41) is 5.07. The molecule has 5 rings (SSSR count). The predicted octanol–water partition coefficient (Wildman–Crippen LogP) is 5.74. The fourth-order valence-electron chi connectivity index (χ4n) is 4.09. The molecular weight excluding hydrogens is 390 g/mol. The fourth-order valence-corrected chi connectivity index (χ4v) is 4.80. The van der Waals surface area contributed by atoms with Crippen LogP contribution in [-0.4, -0.2) is 15.9 Å². The van der Waals surface area contributed by atoms with Gasteiger partial charge in [0.05, 0.1) is 22.7 Å². The molecule has 0 aliphatic heterocycles. The smallest absolute Gasteiger partial charge is 0.230 e. The van der Waals surface area contributed by atoms with Gasteiger partial charge in [-0.1, -0.05) is 53.6 Å². The van der Waals surface area contributed by atoms with Gasteiger partial charge in [0.2, 0.25) is 5.91 Å². The standard InChI is InChI=1S/C25H23N3OS/c1-16-8-10-17(11-9-16)15-22(29)27-25-24(21-7-4-14-30-21)28-23-19-6-3-2-5-18(19)12-13-20(23)26-25/h3-4,6-11,14H,2,5,12-13,15H2,1H3,(H,26,27,29). The molecule has 0 spiro atoms. The first-order chi connectivity index (χ1) is 14.7. The van der Waals surface area contributed by atoms with Crippen LogP contribution in [0.1, 0.15) is 41.8 Å². The third-order valence-corrected chi connectivity index (χ3v) is 6.54. The van der Waals surface area contributed by atoms with Crippen LogP contribution in [0.25, 0.3) is 16.1 Å². The highest BCUT2D eigenvalue weighted by atomic mass is 32.1. The normalized spacial score (nSPS) is 15.0. The van der Waals surface area contributed by atoms with E-state index in [1.54, 1.807) is 11.3 Å². The van der Waals surface area contributed by atoms with E-state index in [-0.39, 0.29) is 5.91 Å². The number of hydrogen-bond acceptors (Lipinski definition) is 4. The van der Waals surface area contributed by atoms with E-state index in [0.29, 0.717) is 12.2 Å². The second-order valence-corrected chi connectivity index (χ2v) is 8.81. The highest BCUT2D eigenvalue weighted by Gasteiger charge is 2.25. The Bertz CT molecular complexity index is 1160. The zero-order valence-electron chi connectivity index (χ0n) is 16.9. The largest absolute Gasteiger partial charge is 0.309 e. The summed E-state index contributed by atoms with van der Waals surface area (Å²) < 4.78 is 0. The SMILES string of the molecule is Cc1ccc(CC(=O)Nc2nc3c(nc2-c2cccs2)C2=C(CCC=C2)CC3)cc1. The number of thiophene rings is 1. The van der Waals surface area contributed by atoms with Gasteiger partial charge in [0.15, 0.2) is 5.82 Å². The number of aromatic nitrogens is 2. The van der Waals surface area contributed by atoms with Gasteiger partial charge in [-0.25, -0.2) is 9.97 Å². The van der Waals surface area contributed by atoms with Crippen molar-refractivity contribution in [1.82, 2.24) is 9.97 Å². The predicted molar refractivity (Wildman–Crippen MR) is 122 cm³/mol. The highest BCUT2D eigenvalue weighted by Crippen LogP contribution is 2.38. The number of hydrogen-bond donors (Lipinski definition) is 1. The Morgan fingerprint density at radius 2 is 1.93 bits per heavy atom. The van der Waals surface area contributed by atoms with Crippen molar-refractivity contribution >= 4 is 28.6 Å². The summed E-state index contributed by atoms with van der Waals surface area (Å²) in [5.74, 6) is 0.497. The number of nitrogens with one attached hydrogen (secondary N) is 1. The van der Waals surface area contributed by atoms with Gasteiger partial charge in [-0.15, -0.1) is 11.3 Å². The maximum atomic E-state index is 12.8. The highest BCUT2D eigenvalue weighted by molar-refractivity contribution is 7.13. The first-order valence-electron chi connectivity index (χ1n) is 10.4. The van der Waals surface area contributed by atoms with Crippen molar-refractivity contribution in [3.05, 3.63) is 82.0 Å². The fraction of sp³-hybridized carbons (Fsp3) is 0.240. The van der Waals surface area contributed by atoms with E-state index in [1.807, 2.05) is 48.7 Å². The van der Waals surface area contributed by atoms with Gasteiger partial charge in [0.1, 0.15) is 5.69 Å². The van der Waals surface area contributed by atoms with Gasteiger partial charge < -0.3 is 5.32 Å². The molecule has 150 valence electrons. The van der Waals surface area contributed by atoms with E-state index >= 15 is 0 Å². The number of carbonyl (C=O) groups excluding carboxylic acids is 1. The van der Waals surface area contributed by atoms with E-state index in [2.05, 4.69) is 17.5 Å². The molecule has 1 N–H and O–H groups in total. The number of aryl methyl sites for hydroxylation is 2. The van der Waals surface area contributed by atoms with E-state index in [4.69, 9.17) is 9.97 Å². The van der Waals surface area contributed by atoms with Crippen molar-refractivity contribution in [3.63, 3.8) is 0 Å². The summed E-state index contributed by atoms with van der Waals surface area (Å²) in [6.45, 7) is 2.04. The first kappa shape index (κ1) is 18.9. The number of anilines is 1. The molecule has 0 radical (unpaired) electrons.